The maximum absolute atomic E-state index is 12.0. The minimum atomic E-state index is -0.385. The average Bonchev–Trinajstić information content (AvgIpc) is 2.58. The van der Waals surface area contributed by atoms with Crippen LogP contribution in [-0.4, -0.2) is 18.4 Å². The lowest BCUT2D eigenvalue weighted by molar-refractivity contribution is 0.0846. The maximum Gasteiger partial charge on any atom is 0.269 e. The van der Waals surface area contributed by atoms with Crippen LogP contribution in [0.1, 0.15) is 34.6 Å². The van der Waals surface area contributed by atoms with Crippen LogP contribution in [0.5, 0.6) is 5.75 Å². The van der Waals surface area contributed by atoms with E-state index in [-0.39, 0.29) is 11.8 Å². The third-order valence-electron chi connectivity index (χ3n) is 3.03. The molecule has 5 nitrogen and oxygen atoms in total. The van der Waals surface area contributed by atoms with Crippen LogP contribution in [-0.2, 0) is 0 Å². The van der Waals surface area contributed by atoms with Gasteiger partial charge >= 0.3 is 0 Å². The Bertz CT molecular complexity index is 652. The van der Waals surface area contributed by atoms with Crippen LogP contribution < -0.4 is 15.6 Å². The second-order valence-electron chi connectivity index (χ2n) is 5.50. The Kier molecular flexibility index (Phi) is 5.74. The number of hydrogen-bond donors (Lipinski definition) is 2. The van der Waals surface area contributed by atoms with Crippen LogP contribution in [0.3, 0.4) is 0 Å². The Morgan fingerprint density at radius 1 is 0.870 bits per heavy atom. The van der Waals surface area contributed by atoms with Gasteiger partial charge < -0.3 is 4.74 Å². The molecule has 2 aromatic carbocycles. The van der Waals surface area contributed by atoms with Gasteiger partial charge in [0.2, 0.25) is 0 Å². The predicted molar refractivity (Wildman–Crippen MR) is 88.1 cm³/mol. The summed E-state index contributed by atoms with van der Waals surface area (Å²) in [7, 11) is 0. The zero-order valence-electron chi connectivity index (χ0n) is 13.2. The first-order chi connectivity index (χ1) is 11.1. The molecule has 0 heterocycles. The molecule has 0 aliphatic carbocycles. The van der Waals surface area contributed by atoms with E-state index in [1.165, 1.54) is 0 Å². The van der Waals surface area contributed by atoms with Crippen molar-refractivity contribution in [1.29, 1.82) is 0 Å². The largest absolute Gasteiger partial charge is 0.493 e. The third kappa shape index (κ3) is 5.14. The Balaban J connectivity index is 1.87. The van der Waals surface area contributed by atoms with E-state index in [9.17, 15) is 9.59 Å². The molecule has 0 saturated carbocycles. The molecule has 120 valence electrons. The summed E-state index contributed by atoms with van der Waals surface area (Å²) in [6.07, 6.45) is 0. The normalized spacial score (nSPS) is 10.2. The quantitative estimate of drug-likeness (QED) is 0.834. The fraction of sp³-hybridized carbons (Fsp3) is 0.222. The van der Waals surface area contributed by atoms with Crippen molar-refractivity contribution in [3.05, 3.63) is 65.7 Å². The number of hydrazine groups is 1. The van der Waals surface area contributed by atoms with E-state index >= 15 is 0 Å². The lowest BCUT2D eigenvalue weighted by atomic mass is 10.2. The molecule has 2 aromatic rings. The van der Waals surface area contributed by atoms with Crippen molar-refractivity contribution in [3.8, 4) is 5.75 Å². The Morgan fingerprint density at radius 3 is 1.91 bits per heavy atom. The number of benzene rings is 2. The Morgan fingerprint density at radius 2 is 1.39 bits per heavy atom. The van der Waals surface area contributed by atoms with Crippen LogP contribution in [0.15, 0.2) is 54.6 Å². The number of carbonyl (C=O) groups is 2. The minimum Gasteiger partial charge on any atom is -0.493 e. The van der Waals surface area contributed by atoms with E-state index in [1.54, 1.807) is 48.5 Å². The van der Waals surface area contributed by atoms with E-state index in [0.29, 0.717) is 29.4 Å². The molecule has 2 amide bonds. The smallest absolute Gasteiger partial charge is 0.269 e. The summed E-state index contributed by atoms with van der Waals surface area (Å²) in [6, 6.07) is 15.4. The van der Waals surface area contributed by atoms with Gasteiger partial charge in [0.1, 0.15) is 5.75 Å². The SMILES string of the molecule is CC(C)COc1ccc(C(=O)NNC(=O)c2ccccc2)cc1. The molecule has 5 heteroatoms. The second-order valence-corrected chi connectivity index (χ2v) is 5.50. The molecule has 0 unspecified atom stereocenters. The van der Waals surface area contributed by atoms with Crippen molar-refractivity contribution < 1.29 is 14.3 Å². The number of nitrogens with one attached hydrogen (secondary N) is 2. The second kappa shape index (κ2) is 7.98. The van der Waals surface area contributed by atoms with Gasteiger partial charge in [-0.1, -0.05) is 32.0 Å². The highest BCUT2D eigenvalue weighted by Crippen LogP contribution is 2.13. The first-order valence-corrected chi connectivity index (χ1v) is 7.45. The zero-order valence-corrected chi connectivity index (χ0v) is 13.2. The summed E-state index contributed by atoms with van der Waals surface area (Å²) in [5.41, 5.74) is 5.69. The molecule has 0 aromatic heterocycles. The van der Waals surface area contributed by atoms with Gasteiger partial charge in [0.25, 0.3) is 11.8 Å². The van der Waals surface area contributed by atoms with E-state index in [0.717, 1.165) is 0 Å². The monoisotopic (exact) mass is 312 g/mol. The van der Waals surface area contributed by atoms with Gasteiger partial charge in [0, 0.05) is 11.1 Å². The summed E-state index contributed by atoms with van der Waals surface area (Å²) in [4.78, 5) is 23.8. The number of amides is 2. The first-order valence-electron chi connectivity index (χ1n) is 7.45. The van der Waals surface area contributed by atoms with Gasteiger partial charge in [0.05, 0.1) is 6.61 Å². The predicted octanol–water partition coefficient (Wildman–Crippen LogP) is 2.80. The molecule has 0 saturated heterocycles. The fourth-order valence-electron chi connectivity index (χ4n) is 1.81. The van der Waals surface area contributed by atoms with Crippen LogP contribution in [0, 0.1) is 5.92 Å². The lowest BCUT2D eigenvalue weighted by Crippen LogP contribution is -2.41. The Labute approximate surface area is 135 Å². The molecule has 0 aliphatic rings. The van der Waals surface area contributed by atoms with Gasteiger partial charge in [-0.3, -0.25) is 20.4 Å². The van der Waals surface area contributed by atoms with Crippen LogP contribution >= 0.6 is 0 Å². The minimum absolute atomic E-state index is 0.365. The average molecular weight is 312 g/mol. The third-order valence-corrected chi connectivity index (χ3v) is 3.03. The number of rotatable bonds is 5. The number of ether oxygens (including phenoxy) is 1. The molecule has 0 spiro atoms. The molecule has 2 N–H and O–H groups in total. The van der Waals surface area contributed by atoms with E-state index in [1.807, 2.05) is 6.07 Å². The molecular formula is C18H20N2O3. The highest BCUT2D eigenvalue weighted by molar-refractivity contribution is 5.99. The van der Waals surface area contributed by atoms with Crippen molar-refractivity contribution in [3.63, 3.8) is 0 Å². The number of hydrogen-bond acceptors (Lipinski definition) is 3. The topological polar surface area (TPSA) is 67.4 Å². The summed E-state index contributed by atoms with van der Waals surface area (Å²) in [5, 5.41) is 0. The Hall–Kier alpha value is -2.82. The van der Waals surface area contributed by atoms with Gasteiger partial charge in [-0.15, -0.1) is 0 Å². The molecular weight excluding hydrogens is 292 g/mol. The van der Waals surface area contributed by atoms with Crippen molar-refractivity contribution in [2.75, 3.05) is 6.61 Å². The fourth-order valence-corrected chi connectivity index (χ4v) is 1.81. The zero-order chi connectivity index (χ0) is 16.7. The van der Waals surface area contributed by atoms with E-state index < -0.39 is 0 Å². The molecule has 23 heavy (non-hydrogen) atoms. The molecule has 0 aliphatic heterocycles. The van der Waals surface area contributed by atoms with Gasteiger partial charge in [-0.05, 0) is 42.3 Å². The highest BCUT2D eigenvalue weighted by atomic mass is 16.5. The summed E-state index contributed by atoms with van der Waals surface area (Å²) >= 11 is 0. The van der Waals surface area contributed by atoms with Crippen molar-refractivity contribution in [1.82, 2.24) is 10.9 Å². The highest BCUT2D eigenvalue weighted by Gasteiger charge is 2.09. The lowest BCUT2D eigenvalue weighted by Gasteiger charge is -2.10. The van der Waals surface area contributed by atoms with E-state index in [4.69, 9.17) is 4.74 Å². The van der Waals surface area contributed by atoms with Crippen LogP contribution in [0.25, 0.3) is 0 Å². The summed E-state index contributed by atoms with van der Waals surface area (Å²) < 4.78 is 5.56. The first kappa shape index (κ1) is 16.5. The van der Waals surface area contributed by atoms with Gasteiger partial charge in [0.15, 0.2) is 0 Å². The summed E-state index contributed by atoms with van der Waals surface area (Å²) in [5.74, 6) is 0.398. The van der Waals surface area contributed by atoms with Crippen molar-refractivity contribution in [2.45, 2.75) is 13.8 Å². The molecule has 0 fully saturated rings. The van der Waals surface area contributed by atoms with Crippen LogP contribution in [0.2, 0.25) is 0 Å². The van der Waals surface area contributed by atoms with Crippen molar-refractivity contribution >= 4 is 11.8 Å². The van der Waals surface area contributed by atoms with Crippen molar-refractivity contribution in [2.24, 2.45) is 5.92 Å². The molecule has 0 atom stereocenters. The van der Waals surface area contributed by atoms with Crippen LogP contribution in [0.4, 0.5) is 0 Å². The van der Waals surface area contributed by atoms with E-state index in [2.05, 4.69) is 24.7 Å². The van der Waals surface area contributed by atoms with Gasteiger partial charge in [-0.25, -0.2) is 0 Å². The molecule has 2 rings (SSSR count). The molecule has 0 bridgehead atoms. The standard InChI is InChI=1S/C18H20N2O3/c1-13(2)12-23-16-10-8-15(9-11-16)18(22)20-19-17(21)14-6-4-3-5-7-14/h3-11,13H,12H2,1-2H3,(H,19,21)(H,20,22). The van der Waals surface area contributed by atoms with Gasteiger partial charge in [-0.2, -0.15) is 0 Å². The number of carbonyl (C=O) groups excluding carboxylic acids is 2. The molecule has 0 radical (unpaired) electrons. The summed E-state index contributed by atoms with van der Waals surface area (Å²) in [6.45, 7) is 4.76. The maximum atomic E-state index is 12.0.